The van der Waals surface area contributed by atoms with Crippen molar-refractivity contribution in [2.45, 2.75) is 38.4 Å². The van der Waals surface area contributed by atoms with Crippen molar-refractivity contribution < 1.29 is 19.4 Å². The molecule has 6 nitrogen and oxygen atoms in total. The van der Waals surface area contributed by atoms with Gasteiger partial charge in [-0.05, 0) is 25.8 Å². The number of piperidine rings is 1. The quantitative estimate of drug-likeness (QED) is 0.789. The summed E-state index contributed by atoms with van der Waals surface area (Å²) in [6.45, 7) is 3.72. The van der Waals surface area contributed by atoms with E-state index in [1.165, 1.54) is 4.90 Å². The van der Waals surface area contributed by atoms with Crippen molar-refractivity contribution in [3.8, 4) is 0 Å². The molecule has 0 spiro atoms. The average Bonchev–Trinajstić information content (AvgIpc) is 2.71. The molecule has 2 aliphatic rings. The van der Waals surface area contributed by atoms with Gasteiger partial charge in [0.1, 0.15) is 6.61 Å². The highest BCUT2D eigenvalue weighted by Crippen LogP contribution is 2.25. The monoisotopic (exact) mass is 242 g/mol. The molecular weight excluding hydrogens is 224 g/mol. The molecule has 2 saturated heterocycles. The fourth-order valence-corrected chi connectivity index (χ4v) is 2.61. The van der Waals surface area contributed by atoms with E-state index in [1.54, 1.807) is 0 Å². The van der Waals surface area contributed by atoms with Crippen molar-refractivity contribution in [3.63, 3.8) is 0 Å². The molecule has 2 aliphatic heterocycles. The van der Waals surface area contributed by atoms with Crippen LogP contribution in [0.5, 0.6) is 0 Å². The number of likely N-dealkylation sites (tertiary alicyclic amines) is 1. The van der Waals surface area contributed by atoms with Crippen LogP contribution < -0.4 is 0 Å². The second kappa shape index (κ2) is 4.91. The molecule has 0 radical (unpaired) electrons. The zero-order valence-electron chi connectivity index (χ0n) is 9.96. The zero-order valence-corrected chi connectivity index (χ0v) is 9.96. The highest BCUT2D eigenvalue weighted by molar-refractivity contribution is 5.83. The van der Waals surface area contributed by atoms with Gasteiger partial charge in [-0.2, -0.15) is 0 Å². The lowest BCUT2D eigenvalue weighted by atomic mass is 10.1. The summed E-state index contributed by atoms with van der Waals surface area (Å²) < 4.78 is 4.86. The second-order valence-corrected chi connectivity index (χ2v) is 4.44. The van der Waals surface area contributed by atoms with Gasteiger partial charge in [-0.15, -0.1) is 0 Å². The van der Waals surface area contributed by atoms with Gasteiger partial charge in [0.15, 0.2) is 6.04 Å². The Morgan fingerprint density at radius 3 is 2.94 bits per heavy atom. The lowest BCUT2D eigenvalue weighted by Gasteiger charge is -2.40. The molecule has 0 aromatic rings. The number of hydrogen-bond acceptors (Lipinski definition) is 4. The summed E-state index contributed by atoms with van der Waals surface area (Å²) >= 11 is 0. The fourth-order valence-electron chi connectivity index (χ4n) is 2.61. The summed E-state index contributed by atoms with van der Waals surface area (Å²) in [5, 5.41) is 9.10. The minimum Gasteiger partial charge on any atom is -0.480 e. The molecule has 2 fully saturated rings. The van der Waals surface area contributed by atoms with Gasteiger partial charge in [0.25, 0.3) is 0 Å². The summed E-state index contributed by atoms with van der Waals surface area (Å²) in [7, 11) is 0. The van der Waals surface area contributed by atoms with Crippen molar-refractivity contribution >= 4 is 12.1 Å². The van der Waals surface area contributed by atoms with E-state index in [2.05, 4.69) is 4.90 Å². The Labute approximate surface area is 100 Å². The Kier molecular flexibility index (Phi) is 3.51. The van der Waals surface area contributed by atoms with Gasteiger partial charge in [-0.25, -0.2) is 9.59 Å². The van der Waals surface area contributed by atoms with Crippen LogP contribution in [-0.2, 0) is 9.53 Å². The highest BCUT2D eigenvalue weighted by Gasteiger charge is 2.44. The molecule has 96 valence electrons. The average molecular weight is 242 g/mol. The summed E-state index contributed by atoms with van der Waals surface area (Å²) in [4.78, 5) is 26.3. The molecular formula is C11H18N2O4. The Morgan fingerprint density at radius 2 is 2.29 bits per heavy atom. The third kappa shape index (κ3) is 2.22. The molecule has 0 saturated carbocycles. The smallest absolute Gasteiger partial charge is 0.412 e. The first-order valence-corrected chi connectivity index (χ1v) is 6.07. The van der Waals surface area contributed by atoms with E-state index in [1.807, 2.05) is 6.92 Å². The van der Waals surface area contributed by atoms with E-state index in [0.717, 1.165) is 32.4 Å². The molecule has 1 N–H and O–H groups in total. The first-order valence-electron chi connectivity index (χ1n) is 6.07. The number of cyclic esters (lactones) is 1. The van der Waals surface area contributed by atoms with Crippen molar-refractivity contribution in [2.75, 3.05) is 19.7 Å². The van der Waals surface area contributed by atoms with Crippen molar-refractivity contribution in [1.82, 2.24) is 9.80 Å². The topological polar surface area (TPSA) is 70.1 Å². The minimum atomic E-state index is -0.988. The maximum Gasteiger partial charge on any atom is 0.412 e. The molecule has 2 rings (SSSR count). The molecule has 2 heterocycles. The minimum absolute atomic E-state index is 0.0395. The molecule has 0 aromatic heterocycles. The number of nitrogens with zero attached hydrogens (tertiary/aromatic N) is 2. The van der Waals surface area contributed by atoms with Crippen LogP contribution in [0.4, 0.5) is 4.79 Å². The van der Waals surface area contributed by atoms with Crippen LogP contribution in [0.15, 0.2) is 0 Å². The second-order valence-electron chi connectivity index (χ2n) is 4.44. The first-order chi connectivity index (χ1) is 8.15. The van der Waals surface area contributed by atoms with Gasteiger partial charge in [0.05, 0.1) is 6.17 Å². The van der Waals surface area contributed by atoms with Gasteiger partial charge in [0.2, 0.25) is 0 Å². The number of rotatable bonds is 3. The lowest BCUT2D eigenvalue weighted by Crippen LogP contribution is -2.55. The molecule has 1 amide bonds. The van der Waals surface area contributed by atoms with Crippen molar-refractivity contribution in [3.05, 3.63) is 0 Å². The van der Waals surface area contributed by atoms with E-state index < -0.39 is 18.1 Å². The van der Waals surface area contributed by atoms with Crippen LogP contribution in [0.25, 0.3) is 0 Å². The Bertz CT molecular complexity index is 321. The van der Waals surface area contributed by atoms with Crippen LogP contribution in [0, 0.1) is 0 Å². The zero-order chi connectivity index (χ0) is 12.4. The standard InChI is InChI=1S/C11H18N2O4/c1-2-12-6-4-3-5-9(12)13-8(10(14)15)7-17-11(13)16/h8-9H,2-7H2,1H3,(H,14,15). The predicted octanol–water partition coefficient (Wildman–Crippen LogP) is 0.724. The van der Waals surface area contributed by atoms with Gasteiger partial charge < -0.3 is 9.84 Å². The number of carboxylic acid groups (broad SMARTS) is 1. The van der Waals surface area contributed by atoms with E-state index in [-0.39, 0.29) is 12.8 Å². The van der Waals surface area contributed by atoms with E-state index in [4.69, 9.17) is 9.84 Å². The summed E-state index contributed by atoms with van der Waals surface area (Å²) in [5.74, 6) is -0.988. The van der Waals surface area contributed by atoms with Crippen LogP contribution in [0.2, 0.25) is 0 Å². The molecule has 2 unspecified atom stereocenters. The Balaban J connectivity index is 2.17. The largest absolute Gasteiger partial charge is 0.480 e. The van der Waals surface area contributed by atoms with Crippen LogP contribution >= 0.6 is 0 Å². The molecule has 17 heavy (non-hydrogen) atoms. The van der Waals surface area contributed by atoms with E-state index >= 15 is 0 Å². The Hall–Kier alpha value is -1.30. The van der Waals surface area contributed by atoms with Gasteiger partial charge in [-0.1, -0.05) is 6.92 Å². The molecule has 0 aromatic carbocycles. The molecule has 2 atom stereocenters. The molecule has 0 bridgehead atoms. The first kappa shape index (κ1) is 12.2. The van der Waals surface area contributed by atoms with Gasteiger partial charge in [0, 0.05) is 6.54 Å². The van der Waals surface area contributed by atoms with E-state index in [0.29, 0.717) is 0 Å². The number of carbonyl (C=O) groups excluding carboxylic acids is 1. The normalized spacial score (nSPS) is 30.4. The van der Waals surface area contributed by atoms with Crippen LogP contribution in [0.1, 0.15) is 26.2 Å². The summed E-state index contributed by atoms with van der Waals surface area (Å²) in [6.07, 6.45) is 2.34. The van der Waals surface area contributed by atoms with Crippen molar-refractivity contribution in [2.24, 2.45) is 0 Å². The van der Waals surface area contributed by atoms with Crippen molar-refractivity contribution in [1.29, 1.82) is 0 Å². The van der Waals surface area contributed by atoms with Gasteiger partial charge in [-0.3, -0.25) is 9.80 Å². The number of carboxylic acids is 1. The number of ether oxygens (including phenoxy) is 1. The predicted molar refractivity (Wildman–Crippen MR) is 59.5 cm³/mol. The van der Waals surface area contributed by atoms with E-state index in [9.17, 15) is 9.59 Å². The van der Waals surface area contributed by atoms with Gasteiger partial charge >= 0.3 is 12.1 Å². The lowest BCUT2D eigenvalue weighted by molar-refractivity contribution is -0.143. The molecule has 6 heteroatoms. The fraction of sp³-hybridized carbons (Fsp3) is 0.818. The number of hydrogen-bond donors (Lipinski definition) is 1. The summed E-state index contributed by atoms with van der Waals surface area (Å²) in [5.41, 5.74) is 0. The molecule has 0 aliphatic carbocycles. The third-order valence-electron chi connectivity index (χ3n) is 3.50. The number of amides is 1. The van der Waals surface area contributed by atoms with Crippen LogP contribution in [-0.4, -0.2) is 58.9 Å². The summed E-state index contributed by atoms with van der Waals surface area (Å²) in [6, 6.07) is -0.834. The maximum absolute atomic E-state index is 11.7. The third-order valence-corrected chi connectivity index (χ3v) is 3.50. The number of carbonyl (C=O) groups is 2. The highest BCUT2D eigenvalue weighted by atomic mass is 16.6. The van der Waals surface area contributed by atoms with Crippen LogP contribution in [0.3, 0.4) is 0 Å². The number of aliphatic carboxylic acids is 1. The SMILES string of the molecule is CCN1CCCCC1N1C(=O)OCC1C(=O)O. The maximum atomic E-state index is 11.7. The Morgan fingerprint density at radius 1 is 1.53 bits per heavy atom.